The Bertz CT molecular complexity index is 1830. The highest BCUT2D eigenvalue weighted by molar-refractivity contribution is 6.40. The van der Waals surface area contributed by atoms with Crippen molar-refractivity contribution in [3.63, 3.8) is 0 Å². The number of fused-ring (bicyclic) bond motifs is 2. The van der Waals surface area contributed by atoms with Gasteiger partial charge in [0, 0.05) is 38.1 Å². The highest BCUT2D eigenvalue weighted by Gasteiger charge is 2.30. The quantitative estimate of drug-likeness (QED) is 0.143. The molecule has 0 fully saturated rings. The van der Waals surface area contributed by atoms with E-state index < -0.39 is 17.9 Å². The molecule has 45 heavy (non-hydrogen) atoms. The monoisotopic (exact) mass is 651 g/mol. The van der Waals surface area contributed by atoms with E-state index in [2.05, 4.69) is 20.8 Å². The summed E-state index contributed by atoms with van der Waals surface area (Å²) >= 11 is 13.2. The van der Waals surface area contributed by atoms with Gasteiger partial charge < -0.3 is 34.5 Å². The number of hydrogen-bond donors (Lipinski definition) is 3. The molecule has 3 heterocycles. The van der Waals surface area contributed by atoms with Gasteiger partial charge in [0.15, 0.2) is 5.76 Å². The van der Waals surface area contributed by atoms with Gasteiger partial charge in [0.25, 0.3) is 11.8 Å². The van der Waals surface area contributed by atoms with Gasteiger partial charge in [-0.1, -0.05) is 46.6 Å². The van der Waals surface area contributed by atoms with E-state index in [9.17, 15) is 19.5 Å². The first-order chi connectivity index (χ1) is 21.5. The Morgan fingerprint density at radius 1 is 1.24 bits per heavy atom. The number of para-hydroxylation sites is 1. The lowest BCUT2D eigenvalue weighted by molar-refractivity contribution is -0.139. The number of nitrogens with one attached hydrogen (secondary N) is 2. The van der Waals surface area contributed by atoms with Crippen molar-refractivity contribution in [2.75, 3.05) is 20.1 Å². The predicted octanol–water partition coefficient (Wildman–Crippen LogP) is 3.98. The normalized spacial score (nSPS) is 13.6. The molecule has 0 saturated heterocycles. The largest absolute Gasteiger partial charge is 0.480 e. The van der Waals surface area contributed by atoms with Crippen LogP contribution in [0.3, 0.4) is 0 Å². The Kier molecular flexibility index (Phi) is 9.26. The van der Waals surface area contributed by atoms with E-state index in [0.29, 0.717) is 41.1 Å². The van der Waals surface area contributed by atoms with Crippen molar-refractivity contribution in [3.05, 3.63) is 86.4 Å². The molecule has 3 N–H and O–H groups in total. The standard InChI is InChI=1S/C30H27Cl2N7O6/c1-16-9-19(37-45-16)14-38(2)30(35-15-33)34-12-22(29(42)43)36-27(40)25-21(31)10-18-13-39(8-7-20(18)26(25)32)28(41)24-11-17-5-3-4-6-23(17)44-24/h3-6,9-11,22H,7-8,12-14H2,1-2H3,(H,34,35)(H,36,40)(H,42,43)/t22-/m0/s1. The molecule has 0 unspecified atom stereocenters. The summed E-state index contributed by atoms with van der Waals surface area (Å²) in [4.78, 5) is 45.5. The predicted molar refractivity (Wildman–Crippen MR) is 164 cm³/mol. The van der Waals surface area contributed by atoms with E-state index >= 15 is 0 Å². The summed E-state index contributed by atoms with van der Waals surface area (Å²) in [5, 5.41) is 29.0. The van der Waals surface area contributed by atoms with E-state index in [1.54, 1.807) is 54.2 Å². The van der Waals surface area contributed by atoms with Crippen LogP contribution in [0, 0.1) is 18.4 Å². The lowest BCUT2D eigenvalue weighted by Crippen LogP contribution is -2.51. The number of halogens is 2. The van der Waals surface area contributed by atoms with Crippen molar-refractivity contribution in [3.8, 4) is 6.19 Å². The number of rotatable bonds is 8. The van der Waals surface area contributed by atoms with Gasteiger partial charge in [-0.05, 0) is 42.7 Å². The van der Waals surface area contributed by atoms with E-state index in [0.717, 1.165) is 5.39 Å². The van der Waals surface area contributed by atoms with E-state index in [-0.39, 0.29) is 52.9 Å². The van der Waals surface area contributed by atoms with E-state index in [1.807, 2.05) is 18.2 Å². The lowest BCUT2D eigenvalue weighted by atomic mass is 9.96. The van der Waals surface area contributed by atoms with Crippen LogP contribution < -0.4 is 10.6 Å². The van der Waals surface area contributed by atoms with Crippen LogP contribution in [0.4, 0.5) is 0 Å². The lowest BCUT2D eigenvalue weighted by Gasteiger charge is -2.30. The number of nitrogens with zero attached hydrogens (tertiary/aromatic N) is 5. The van der Waals surface area contributed by atoms with Gasteiger partial charge in [-0.3, -0.25) is 9.59 Å². The van der Waals surface area contributed by atoms with Crippen LogP contribution in [-0.4, -0.2) is 70.0 Å². The Morgan fingerprint density at radius 2 is 2.02 bits per heavy atom. The van der Waals surface area contributed by atoms with Crippen molar-refractivity contribution < 1.29 is 28.4 Å². The van der Waals surface area contributed by atoms with Gasteiger partial charge in [0.05, 0.1) is 22.2 Å². The first kappa shape index (κ1) is 31.4. The molecule has 1 aliphatic heterocycles. The number of amides is 2. The van der Waals surface area contributed by atoms with Gasteiger partial charge in [-0.2, -0.15) is 5.26 Å². The van der Waals surface area contributed by atoms with E-state index in [4.69, 9.17) is 37.4 Å². The maximum Gasteiger partial charge on any atom is 0.328 e. The van der Waals surface area contributed by atoms with E-state index in [1.165, 1.54) is 0 Å². The van der Waals surface area contributed by atoms with Gasteiger partial charge in [0.2, 0.25) is 12.2 Å². The molecule has 1 atom stereocenters. The average molecular weight is 652 g/mol. The second kappa shape index (κ2) is 13.3. The third kappa shape index (κ3) is 6.87. The summed E-state index contributed by atoms with van der Waals surface area (Å²) in [7, 11) is 1.62. The highest BCUT2D eigenvalue weighted by atomic mass is 35.5. The molecule has 0 aliphatic carbocycles. The van der Waals surface area contributed by atoms with Gasteiger partial charge >= 0.3 is 5.97 Å². The summed E-state index contributed by atoms with van der Waals surface area (Å²) < 4.78 is 10.8. The number of benzene rings is 2. The molecule has 0 saturated carbocycles. The van der Waals surface area contributed by atoms with Crippen LogP contribution in [0.15, 0.2) is 56.4 Å². The average Bonchev–Trinajstić information content (AvgIpc) is 3.63. The molecule has 0 spiro atoms. The molecule has 0 bridgehead atoms. The van der Waals surface area contributed by atoms with Crippen LogP contribution in [0.25, 0.3) is 11.0 Å². The third-order valence-electron chi connectivity index (χ3n) is 7.22. The Balaban J connectivity index is 1.27. The van der Waals surface area contributed by atoms with Crippen LogP contribution >= 0.6 is 23.2 Å². The molecule has 2 aromatic heterocycles. The van der Waals surface area contributed by atoms with Gasteiger partial charge in [-0.25, -0.2) is 4.79 Å². The number of aryl methyl sites for hydroxylation is 1. The fourth-order valence-electron chi connectivity index (χ4n) is 5.02. The molecular formula is C30H27Cl2N7O6. The number of hydrogen-bond acceptors (Lipinski definition) is 8. The minimum atomic E-state index is -1.44. The first-order valence-electron chi connectivity index (χ1n) is 13.7. The number of aromatic nitrogens is 1. The number of furan rings is 1. The van der Waals surface area contributed by atoms with Crippen LogP contribution in [0.5, 0.6) is 0 Å². The summed E-state index contributed by atoms with van der Waals surface area (Å²) in [6, 6.07) is 10.8. The molecule has 13 nitrogen and oxygen atoms in total. The van der Waals surface area contributed by atoms with Crippen molar-refractivity contribution >= 4 is 57.9 Å². The summed E-state index contributed by atoms with van der Waals surface area (Å²) in [5.74, 6) is -1.55. The van der Waals surface area contributed by atoms with Crippen LogP contribution in [0.1, 0.15) is 43.5 Å². The minimum absolute atomic E-state index is 0.000699. The van der Waals surface area contributed by atoms with Gasteiger partial charge in [0.1, 0.15) is 23.1 Å². The SMILES string of the molecule is Cc1cc(CN(C)C(=NC#N)NC[C@H](NC(=O)c2c(Cl)cc3c(c2Cl)CCN(C(=O)c2cc4ccccc4o2)C3)C(=O)O)no1. The molecular weight excluding hydrogens is 625 g/mol. The smallest absolute Gasteiger partial charge is 0.328 e. The molecule has 2 aromatic carbocycles. The molecule has 1 aliphatic rings. The second-order valence-corrected chi connectivity index (χ2v) is 11.2. The molecule has 5 rings (SSSR count). The number of carbonyl (C=O) groups is 3. The fraction of sp³-hybridized carbons (Fsp3) is 0.267. The zero-order valence-corrected chi connectivity index (χ0v) is 25.6. The number of guanidine groups is 1. The van der Waals surface area contributed by atoms with Crippen molar-refractivity contribution in [2.45, 2.75) is 32.5 Å². The highest BCUT2D eigenvalue weighted by Crippen LogP contribution is 2.35. The zero-order valence-electron chi connectivity index (χ0n) is 24.1. The number of aliphatic carboxylic acids is 1. The Hall–Kier alpha value is -5.06. The summed E-state index contributed by atoms with van der Waals surface area (Å²) in [5.41, 5.74) is 2.40. The molecule has 232 valence electrons. The molecule has 4 aromatic rings. The second-order valence-electron chi connectivity index (χ2n) is 10.4. The van der Waals surface area contributed by atoms with Gasteiger partial charge in [-0.15, -0.1) is 4.99 Å². The molecule has 0 radical (unpaired) electrons. The number of nitriles is 1. The first-order valence-corrected chi connectivity index (χ1v) is 14.5. The Morgan fingerprint density at radius 3 is 2.71 bits per heavy atom. The van der Waals surface area contributed by atoms with Crippen LogP contribution in [-0.2, 0) is 24.3 Å². The number of carboxylic acids is 1. The summed E-state index contributed by atoms with van der Waals surface area (Å²) in [6.07, 6.45) is 2.01. The zero-order chi connectivity index (χ0) is 32.2. The summed E-state index contributed by atoms with van der Waals surface area (Å²) in [6.45, 7) is 2.14. The van der Waals surface area contributed by atoms with Crippen molar-refractivity contribution in [1.82, 2.24) is 25.6 Å². The molecule has 2 amide bonds. The number of carbonyl (C=O) groups excluding carboxylic acids is 2. The third-order valence-corrected chi connectivity index (χ3v) is 7.93. The molecule has 15 heteroatoms. The van der Waals surface area contributed by atoms with Crippen molar-refractivity contribution in [1.29, 1.82) is 5.26 Å². The van der Waals surface area contributed by atoms with Crippen LogP contribution in [0.2, 0.25) is 10.0 Å². The maximum absolute atomic E-state index is 13.3. The maximum atomic E-state index is 13.3. The fourth-order valence-corrected chi connectivity index (χ4v) is 5.78. The minimum Gasteiger partial charge on any atom is -0.480 e. The Labute approximate surface area is 267 Å². The van der Waals surface area contributed by atoms with Crippen molar-refractivity contribution in [2.24, 2.45) is 4.99 Å². The number of carboxylic acid groups (broad SMARTS) is 1. The number of aliphatic imine (C=N–C) groups is 1. The topological polar surface area (TPSA) is 177 Å².